The van der Waals surface area contributed by atoms with Crippen molar-refractivity contribution in [2.24, 2.45) is 0 Å². The van der Waals surface area contributed by atoms with Crippen LogP contribution in [0.3, 0.4) is 0 Å². The van der Waals surface area contributed by atoms with Crippen LogP contribution < -0.4 is 0 Å². The van der Waals surface area contributed by atoms with E-state index in [1.165, 1.54) is 30.0 Å². The maximum absolute atomic E-state index is 12.7. The Hall–Kier alpha value is -3.48. The van der Waals surface area contributed by atoms with Gasteiger partial charge in [-0.3, -0.25) is 19.3 Å². The van der Waals surface area contributed by atoms with Gasteiger partial charge in [-0.05, 0) is 30.7 Å². The first-order valence-electron chi connectivity index (χ1n) is 8.76. The normalized spacial score (nSPS) is 13.9. The zero-order valence-corrected chi connectivity index (χ0v) is 15.8. The van der Waals surface area contributed by atoms with Gasteiger partial charge in [-0.2, -0.15) is 0 Å². The smallest absolute Gasteiger partial charge is 0.338 e. The minimum Gasteiger partial charge on any atom is -0.449 e. The molecule has 2 aromatic carbocycles. The third-order valence-electron chi connectivity index (χ3n) is 4.46. The van der Waals surface area contributed by atoms with Crippen LogP contribution >= 0.6 is 0 Å². The number of amides is 3. The number of nitrogens with zero attached hydrogens (tertiary/aromatic N) is 2. The number of hydrogen-bond donors (Lipinski definition) is 0. The Balaban J connectivity index is 1.79. The molecule has 1 aliphatic rings. The van der Waals surface area contributed by atoms with Gasteiger partial charge >= 0.3 is 5.97 Å². The molecular formula is C21H20N2O5. The molecule has 0 aromatic heterocycles. The van der Waals surface area contributed by atoms with Crippen LogP contribution in [0.15, 0.2) is 48.5 Å². The summed E-state index contributed by atoms with van der Waals surface area (Å²) in [6.07, 6.45) is -0.956. The summed E-state index contributed by atoms with van der Waals surface area (Å²) in [5.74, 6) is -1.95. The Morgan fingerprint density at radius 3 is 2.29 bits per heavy atom. The molecule has 1 heterocycles. The van der Waals surface area contributed by atoms with E-state index in [1.807, 2.05) is 30.3 Å². The highest BCUT2D eigenvalue weighted by Gasteiger charge is 2.36. The summed E-state index contributed by atoms with van der Waals surface area (Å²) in [7, 11) is 3.13. The van der Waals surface area contributed by atoms with Crippen LogP contribution in [0.5, 0.6) is 0 Å². The average Bonchev–Trinajstić information content (AvgIpc) is 2.92. The number of hydrogen-bond acceptors (Lipinski definition) is 5. The Morgan fingerprint density at radius 2 is 1.64 bits per heavy atom. The van der Waals surface area contributed by atoms with Gasteiger partial charge in [-0.1, -0.05) is 30.3 Å². The third kappa shape index (κ3) is 3.64. The number of carbonyl (C=O) groups excluding carboxylic acids is 4. The molecule has 28 heavy (non-hydrogen) atoms. The zero-order chi connectivity index (χ0) is 20.4. The fraction of sp³-hybridized carbons (Fsp3) is 0.238. The Kier molecular flexibility index (Phi) is 5.26. The molecule has 1 aliphatic heterocycles. The summed E-state index contributed by atoms with van der Waals surface area (Å²) < 4.78 is 5.16. The van der Waals surface area contributed by atoms with Gasteiger partial charge in [0.25, 0.3) is 17.7 Å². The standard InChI is InChI=1S/C21H20N2O5/c1-13(18(24)22(2)3)28-21(27)15-9-10-16-17(11-15)20(26)23(19(16)25)12-14-7-5-4-6-8-14/h4-11,13H,12H2,1-3H3/t13-/m1/s1. The fourth-order valence-electron chi connectivity index (χ4n) is 2.97. The maximum Gasteiger partial charge on any atom is 0.338 e. The Labute approximate surface area is 162 Å². The van der Waals surface area contributed by atoms with Crippen LogP contribution in [-0.2, 0) is 16.1 Å². The van der Waals surface area contributed by atoms with Crippen molar-refractivity contribution >= 4 is 23.7 Å². The van der Waals surface area contributed by atoms with E-state index in [0.29, 0.717) is 0 Å². The molecule has 0 N–H and O–H groups in total. The molecule has 0 aliphatic carbocycles. The quantitative estimate of drug-likeness (QED) is 0.586. The lowest BCUT2D eigenvalue weighted by molar-refractivity contribution is -0.137. The summed E-state index contributed by atoms with van der Waals surface area (Å²) in [5.41, 5.74) is 1.34. The molecule has 7 heteroatoms. The van der Waals surface area contributed by atoms with Crippen molar-refractivity contribution in [1.29, 1.82) is 0 Å². The highest BCUT2D eigenvalue weighted by molar-refractivity contribution is 6.21. The molecule has 7 nitrogen and oxygen atoms in total. The minimum absolute atomic E-state index is 0.111. The zero-order valence-electron chi connectivity index (χ0n) is 15.8. The van der Waals surface area contributed by atoms with Gasteiger partial charge in [0.2, 0.25) is 0 Å². The molecule has 0 radical (unpaired) electrons. The van der Waals surface area contributed by atoms with Crippen LogP contribution in [0.25, 0.3) is 0 Å². The lowest BCUT2D eigenvalue weighted by atomic mass is 10.1. The molecular weight excluding hydrogens is 360 g/mol. The first-order valence-corrected chi connectivity index (χ1v) is 8.76. The minimum atomic E-state index is -0.956. The topological polar surface area (TPSA) is 84.0 Å². The van der Waals surface area contributed by atoms with Gasteiger partial charge < -0.3 is 9.64 Å². The Morgan fingerprint density at radius 1 is 1.00 bits per heavy atom. The number of rotatable bonds is 5. The average molecular weight is 380 g/mol. The molecule has 0 saturated carbocycles. The highest BCUT2D eigenvalue weighted by atomic mass is 16.5. The molecule has 3 rings (SSSR count). The summed E-state index contributed by atoms with van der Waals surface area (Å²) in [6.45, 7) is 1.63. The first kappa shape index (κ1) is 19.3. The predicted octanol–water partition coefficient (Wildman–Crippen LogP) is 2.12. The Bertz CT molecular complexity index is 953. The van der Waals surface area contributed by atoms with Crippen molar-refractivity contribution in [3.8, 4) is 0 Å². The fourth-order valence-corrected chi connectivity index (χ4v) is 2.97. The SMILES string of the molecule is C[C@@H](OC(=O)c1ccc2c(c1)C(=O)N(Cc1ccccc1)C2=O)C(=O)N(C)C. The van der Waals surface area contributed by atoms with E-state index in [-0.39, 0.29) is 29.1 Å². The van der Waals surface area contributed by atoms with Gasteiger partial charge in [0.1, 0.15) is 0 Å². The number of imide groups is 1. The van der Waals surface area contributed by atoms with Gasteiger partial charge in [0.15, 0.2) is 6.10 Å². The van der Waals surface area contributed by atoms with Gasteiger partial charge in [0.05, 0.1) is 23.2 Å². The van der Waals surface area contributed by atoms with Crippen LogP contribution in [0.4, 0.5) is 0 Å². The van der Waals surface area contributed by atoms with Gasteiger partial charge in [-0.25, -0.2) is 4.79 Å². The molecule has 0 spiro atoms. The lowest BCUT2D eigenvalue weighted by Crippen LogP contribution is -2.34. The molecule has 3 amide bonds. The highest BCUT2D eigenvalue weighted by Crippen LogP contribution is 2.26. The second kappa shape index (κ2) is 7.64. The number of benzene rings is 2. The molecule has 144 valence electrons. The van der Waals surface area contributed by atoms with Crippen LogP contribution in [0, 0.1) is 0 Å². The second-order valence-corrected chi connectivity index (χ2v) is 6.72. The van der Waals surface area contributed by atoms with Gasteiger partial charge in [-0.15, -0.1) is 0 Å². The molecule has 0 saturated heterocycles. The number of fused-ring (bicyclic) bond motifs is 1. The van der Waals surface area contributed by atoms with E-state index in [9.17, 15) is 19.2 Å². The van der Waals surface area contributed by atoms with E-state index in [2.05, 4.69) is 0 Å². The van der Waals surface area contributed by atoms with Crippen LogP contribution in [0.1, 0.15) is 43.6 Å². The molecule has 0 bridgehead atoms. The van der Waals surface area contributed by atoms with Crippen LogP contribution in [-0.4, -0.2) is 53.7 Å². The van der Waals surface area contributed by atoms with Crippen molar-refractivity contribution in [2.45, 2.75) is 19.6 Å². The monoisotopic (exact) mass is 380 g/mol. The molecule has 0 fully saturated rings. The number of esters is 1. The summed E-state index contributed by atoms with van der Waals surface area (Å²) in [6, 6.07) is 13.4. The van der Waals surface area contributed by atoms with E-state index in [0.717, 1.165) is 10.5 Å². The predicted molar refractivity (Wildman–Crippen MR) is 101 cm³/mol. The van der Waals surface area contributed by atoms with E-state index in [4.69, 9.17) is 4.74 Å². The lowest BCUT2D eigenvalue weighted by Gasteiger charge is -2.17. The van der Waals surface area contributed by atoms with Crippen molar-refractivity contribution in [2.75, 3.05) is 14.1 Å². The second-order valence-electron chi connectivity index (χ2n) is 6.72. The van der Waals surface area contributed by atoms with Crippen molar-refractivity contribution in [3.05, 3.63) is 70.8 Å². The van der Waals surface area contributed by atoms with Gasteiger partial charge in [0, 0.05) is 14.1 Å². The molecule has 1 atom stereocenters. The number of ether oxygens (including phenoxy) is 1. The van der Waals surface area contributed by atoms with E-state index < -0.39 is 23.9 Å². The number of carbonyl (C=O) groups is 4. The maximum atomic E-state index is 12.7. The van der Waals surface area contributed by atoms with Crippen molar-refractivity contribution in [1.82, 2.24) is 9.80 Å². The number of likely N-dealkylation sites (N-methyl/N-ethyl adjacent to an activating group) is 1. The van der Waals surface area contributed by atoms with Crippen molar-refractivity contribution in [3.63, 3.8) is 0 Å². The van der Waals surface area contributed by atoms with E-state index in [1.54, 1.807) is 14.1 Å². The summed E-state index contributed by atoms with van der Waals surface area (Å²) in [5, 5.41) is 0. The third-order valence-corrected chi connectivity index (χ3v) is 4.46. The molecule has 0 unspecified atom stereocenters. The molecule has 2 aromatic rings. The van der Waals surface area contributed by atoms with Crippen molar-refractivity contribution < 1.29 is 23.9 Å². The largest absolute Gasteiger partial charge is 0.449 e. The summed E-state index contributed by atoms with van der Waals surface area (Å²) in [4.78, 5) is 51.9. The van der Waals surface area contributed by atoms with E-state index >= 15 is 0 Å². The van der Waals surface area contributed by atoms with Crippen LogP contribution in [0.2, 0.25) is 0 Å². The summed E-state index contributed by atoms with van der Waals surface area (Å²) >= 11 is 0. The first-order chi connectivity index (χ1) is 13.3.